The summed E-state index contributed by atoms with van der Waals surface area (Å²) in [6.07, 6.45) is 1.44. The monoisotopic (exact) mass is 262 g/mol. The Morgan fingerprint density at radius 1 is 1.33 bits per heavy atom. The first-order valence-electron chi connectivity index (χ1n) is 5.30. The predicted molar refractivity (Wildman–Crippen MR) is 70.0 cm³/mol. The zero-order chi connectivity index (χ0) is 13.1. The molecular weight excluding hydrogens is 252 g/mol. The number of carbonyl (C=O) groups excluding carboxylic acids is 1. The Bertz CT molecular complexity index is 579. The van der Waals surface area contributed by atoms with Gasteiger partial charge in [0.15, 0.2) is 5.69 Å². The Hall–Kier alpha value is -2.07. The van der Waals surface area contributed by atoms with Gasteiger partial charge in [-0.1, -0.05) is 23.7 Å². The summed E-state index contributed by atoms with van der Waals surface area (Å²) in [4.78, 5) is 15.8. The van der Waals surface area contributed by atoms with Gasteiger partial charge in [-0.15, -0.1) is 0 Å². The number of anilines is 1. The van der Waals surface area contributed by atoms with Crippen LogP contribution in [-0.4, -0.2) is 16.0 Å². The van der Waals surface area contributed by atoms with E-state index in [4.69, 9.17) is 11.6 Å². The number of aromatic nitrogens is 1. The number of pyridine rings is 1. The van der Waals surface area contributed by atoms with Crippen LogP contribution in [0.3, 0.4) is 0 Å². The second-order valence-electron chi connectivity index (χ2n) is 3.76. The van der Waals surface area contributed by atoms with Crippen LogP contribution >= 0.6 is 11.6 Å². The van der Waals surface area contributed by atoms with E-state index in [1.54, 1.807) is 18.2 Å². The fourth-order valence-corrected chi connectivity index (χ4v) is 1.80. The van der Waals surface area contributed by atoms with Gasteiger partial charge < -0.3 is 10.4 Å². The third kappa shape index (κ3) is 2.43. The number of benzene rings is 1. The molecule has 0 aliphatic rings. The molecule has 1 aromatic heterocycles. The highest BCUT2D eigenvalue weighted by Gasteiger charge is 2.14. The van der Waals surface area contributed by atoms with Crippen molar-refractivity contribution in [1.29, 1.82) is 0 Å². The van der Waals surface area contributed by atoms with Crippen LogP contribution in [0.2, 0.25) is 5.02 Å². The number of halogens is 1. The average Bonchev–Trinajstić information content (AvgIpc) is 2.34. The van der Waals surface area contributed by atoms with Crippen LogP contribution in [0, 0.1) is 6.92 Å². The van der Waals surface area contributed by atoms with E-state index >= 15 is 0 Å². The third-order valence-corrected chi connectivity index (χ3v) is 2.78. The van der Waals surface area contributed by atoms with Gasteiger partial charge in [0.2, 0.25) is 0 Å². The third-order valence-electron chi connectivity index (χ3n) is 2.46. The SMILES string of the molecule is Cc1cccc(Cl)c1NC(=O)c1ncccc1O. The van der Waals surface area contributed by atoms with Gasteiger partial charge in [-0.05, 0) is 30.7 Å². The molecule has 0 aliphatic heterocycles. The highest BCUT2D eigenvalue weighted by atomic mass is 35.5. The lowest BCUT2D eigenvalue weighted by Gasteiger charge is -2.10. The lowest BCUT2D eigenvalue weighted by molar-refractivity contribution is 0.101. The van der Waals surface area contributed by atoms with E-state index < -0.39 is 5.91 Å². The van der Waals surface area contributed by atoms with Crippen molar-refractivity contribution in [3.8, 4) is 5.75 Å². The van der Waals surface area contributed by atoms with Crippen molar-refractivity contribution >= 4 is 23.2 Å². The Balaban J connectivity index is 2.30. The molecular formula is C13H11ClN2O2. The van der Waals surface area contributed by atoms with Gasteiger partial charge in [0, 0.05) is 6.20 Å². The van der Waals surface area contributed by atoms with Gasteiger partial charge in [0.1, 0.15) is 5.75 Å². The topological polar surface area (TPSA) is 62.2 Å². The molecule has 0 saturated carbocycles. The summed E-state index contributed by atoms with van der Waals surface area (Å²) in [5.41, 5.74) is 1.33. The van der Waals surface area contributed by atoms with Gasteiger partial charge in [-0.25, -0.2) is 4.98 Å². The van der Waals surface area contributed by atoms with Crippen LogP contribution in [0.4, 0.5) is 5.69 Å². The molecule has 0 aliphatic carbocycles. The summed E-state index contributed by atoms with van der Waals surface area (Å²) < 4.78 is 0. The first-order valence-corrected chi connectivity index (χ1v) is 5.68. The fourth-order valence-electron chi connectivity index (χ4n) is 1.53. The van der Waals surface area contributed by atoms with Crippen LogP contribution in [0.15, 0.2) is 36.5 Å². The number of carbonyl (C=O) groups is 1. The molecule has 5 heteroatoms. The molecule has 0 atom stereocenters. The number of nitrogens with zero attached hydrogens (tertiary/aromatic N) is 1. The summed E-state index contributed by atoms with van der Waals surface area (Å²) >= 11 is 6.00. The molecule has 0 bridgehead atoms. The zero-order valence-electron chi connectivity index (χ0n) is 9.64. The molecule has 0 radical (unpaired) electrons. The van der Waals surface area contributed by atoms with Crippen molar-refractivity contribution in [2.75, 3.05) is 5.32 Å². The first-order chi connectivity index (χ1) is 8.59. The molecule has 1 aromatic carbocycles. The van der Waals surface area contributed by atoms with Crippen LogP contribution in [0.25, 0.3) is 0 Å². The minimum Gasteiger partial charge on any atom is -0.505 e. The number of rotatable bonds is 2. The van der Waals surface area contributed by atoms with E-state index in [2.05, 4.69) is 10.3 Å². The zero-order valence-corrected chi connectivity index (χ0v) is 10.4. The largest absolute Gasteiger partial charge is 0.505 e. The minimum absolute atomic E-state index is 0.0307. The molecule has 1 amide bonds. The molecule has 1 heterocycles. The lowest BCUT2D eigenvalue weighted by atomic mass is 10.2. The number of para-hydroxylation sites is 1. The molecule has 2 aromatic rings. The maximum Gasteiger partial charge on any atom is 0.278 e. The van der Waals surface area contributed by atoms with Crippen molar-refractivity contribution < 1.29 is 9.90 Å². The molecule has 0 fully saturated rings. The molecule has 0 unspecified atom stereocenters. The van der Waals surface area contributed by atoms with Crippen LogP contribution in [-0.2, 0) is 0 Å². The Labute approximate surface area is 109 Å². The number of hydrogen-bond donors (Lipinski definition) is 2. The summed E-state index contributed by atoms with van der Waals surface area (Å²) in [5.74, 6) is -0.663. The lowest BCUT2D eigenvalue weighted by Crippen LogP contribution is -2.14. The number of amides is 1. The van der Waals surface area contributed by atoms with E-state index in [9.17, 15) is 9.90 Å². The van der Waals surface area contributed by atoms with Crippen molar-refractivity contribution in [3.63, 3.8) is 0 Å². The standard InChI is InChI=1S/C13H11ClN2O2/c1-8-4-2-5-9(14)11(8)16-13(18)12-10(17)6-3-7-15-12/h2-7,17H,1H3,(H,16,18). The molecule has 92 valence electrons. The molecule has 4 nitrogen and oxygen atoms in total. The smallest absolute Gasteiger partial charge is 0.278 e. The quantitative estimate of drug-likeness (QED) is 0.875. The Morgan fingerprint density at radius 2 is 2.11 bits per heavy atom. The summed E-state index contributed by atoms with van der Waals surface area (Å²) in [5, 5.41) is 12.6. The maximum absolute atomic E-state index is 11.9. The molecule has 2 N–H and O–H groups in total. The van der Waals surface area contributed by atoms with E-state index in [-0.39, 0.29) is 11.4 Å². The van der Waals surface area contributed by atoms with E-state index in [1.165, 1.54) is 12.3 Å². The number of nitrogens with one attached hydrogen (secondary N) is 1. The summed E-state index contributed by atoms with van der Waals surface area (Å²) in [7, 11) is 0. The number of hydrogen-bond acceptors (Lipinski definition) is 3. The molecule has 18 heavy (non-hydrogen) atoms. The molecule has 0 saturated heterocycles. The number of aromatic hydroxyl groups is 1. The Morgan fingerprint density at radius 3 is 2.78 bits per heavy atom. The maximum atomic E-state index is 11.9. The Kier molecular flexibility index (Phi) is 3.48. The van der Waals surface area contributed by atoms with E-state index in [0.29, 0.717) is 10.7 Å². The first kappa shape index (κ1) is 12.4. The van der Waals surface area contributed by atoms with E-state index in [0.717, 1.165) is 5.56 Å². The van der Waals surface area contributed by atoms with Crippen LogP contribution < -0.4 is 5.32 Å². The van der Waals surface area contributed by atoms with Crippen molar-refractivity contribution in [2.45, 2.75) is 6.92 Å². The van der Waals surface area contributed by atoms with Gasteiger partial charge >= 0.3 is 0 Å². The highest BCUT2D eigenvalue weighted by molar-refractivity contribution is 6.34. The van der Waals surface area contributed by atoms with E-state index in [1.807, 2.05) is 13.0 Å². The van der Waals surface area contributed by atoms with Crippen LogP contribution in [0.1, 0.15) is 16.1 Å². The minimum atomic E-state index is -0.496. The number of aryl methyl sites for hydroxylation is 1. The van der Waals surface area contributed by atoms with Crippen molar-refractivity contribution in [2.24, 2.45) is 0 Å². The average molecular weight is 263 g/mol. The second kappa shape index (κ2) is 5.06. The highest BCUT2D eigenvalue weighted by Crippen LogP contribution is 2.26. The molecule has 0 spiro atoms. The summed E-state index contributed by atoms with van der Waals surface area (Å²) in [6.45, 7) is 1.83. The van der Waals surface area contributed by atoms with Crippen LogP contribution in [0.5, 0.6) is 5.75 Å². The van der Waals surface area contributed by atoms with Crippen molar-refractivity contribution in [3.05, 3.63) is 52.8 Å². The van der Waals surface area contributed by atoms with Gasteiger partial charge in [0.25, 0.3) is 5.91 Å². The normalized spacial score (nSPS) is 10.1. The fraction of sp³-hybridized carbons (Fsp3) is 0.0769. The van der Waals surface area contributed by atoms with Gasteiger partial charge in [-0.2, -0.15) is 0 Å². The predicted octanol–water partition coefficient (Wildman–Crippen LogP) is 3.00. The van der Waals surface area contributed by atoms with Gasteiger partial charge in [-0.3, -0.25) is 4.79 Å². The second-order valence-corrected chi connectivity index (χ2v) is 4.16. The summed E-state index contributed by atoms with van der Waals surface area (Å²) in [6, 6.07) is 8.27. The van der Waals surface area contributed by atoms with Crippen molar-refractivity contribution in [1.82, 2.24) is 4.98 Å². The van der Waals surface area contributed by atoms with Gasteiger partial charge in [0.05, 0.1) is 10.7 Å². The molecule has 2 rings (SSSR count).